The molecular formula is C16H12. The van der Waals surface area contributed by atoms with E-state index in [0.29, 0.717) is 0 Å². The zero-order valence-corrected chi connectivity index (χ0v) is 9.46. The van der Waals surface area contributed by atoms with Crippen LogP contribution in [0.3, 0.4) is 0 Å². The van der Waals surface area contributed by atoms with Gasteiger partial charge in [0.05, 0.1) is 0 Å². The average molecular weight is 204 g/mol. The summed E-state index contributed by atoms with van der Waals surface area (Å²) >= 11 is 0. The van der Waals surface area contributed by atoms with Gasteiger partial charge in [0.25, 0.3) is 0 Å². The smallest absolute Gasteiger partial charge is 0.0336 e. The van der Waals surface area contributed by atoms with Crippen LogP contribution in [0.4, 0.5) is 0 Å². The summed E-state index contributed by atoms with van der Waals surface area (Å²) in [7, 11) is 0. The minimum atomic E-state index is 1.05. The maximum Gasteiger partial charge on any atom is 0.0336 e. The first kappa shape index (κ1) is 10.3. The zero-order chi connectivity index (χ0) is 11.4. The van der Waals surface area contributed by atoms with Crippen LogP contribution < -0.4 is 0 Å². The fraction of sp³-hybridized carbons (Fsp3) is 0.125. The third-order valence-corrected chi connectivity index (χ3v) is 2.42. The molecule has 76 valence electrons. The van der Waals surface area contributed by atoms with Gasteiger partial charge < -0.3 is 0 Å². The van der Waals surface area contributed by atoms with E-state index in [2.05, 4.69) is 35.8 Å². The molecular weight excluding hydrogens is 192 g/mol. The first-order valence-electron chi connectivity index (χ1n) is 5.24. The minimum absolute atomic E-state index is 1.05. The lowest BCUT2D eigenvalue weighted by molar-refractivity contribution is 1.66. The maximum atomic E-state index is 3.13. The predicted molar refractivity (Wildman–Crippen MR) is 69.1 cm³/mol. The van der Waals surface area contributed by atoms with Crippen molar-refractivity contribution in [3.63, 3.8) is 0 Å². The highest BCUT2D eigenvalue weighted by atomic mass is 14.0. The van der Waals surface area contributed by atoms with E-state index in [1.165, 1.54) is 5.39 Å². The van der Waals surface area contributed by atoms with Gasteiger partial charge in [-0.1, -0.05) is 36.1 Å². The van der Waals surface area contributed by atoms with Crippen LogP contribution in [0.2, 0.25) is 0 Å². The predicted octanol–water partition coefficient (Wildman–Crippen LogP) is 3.58. The van der Waals surface area contributed by atoms with E-state index < -0.39 is 0 Å². The lowest BCUT2D eigenvalue weighted by Crippen LogP contribution is -1.84. The van der Waals surface area contributed by atoms with Crippen molar-refractivity contribution < 1.29 is 0 Å². The van der Waals surface area contributed by atoms with Gasteiger partial charge in [0.2, 0.25) is 0 Å². The molecule has 0 N–H and O–H groups in total. The number of hydrogen-bond acceptors (Lipinski definition) is 0. The Morgan fingerprint density at radius 3 is 1.69 bits per heavy atom. The molecule has 2 aromatic carbocycles. The van der Waals surface area contributed by atoms with Gasteiger partial charge in [-0.15, -0.1) is 11.8 Å². The molecule has 0 fully saturated rings. The summed E-state index contributed by atoms with van der Waals surface area (Å²) in [6.45, 7) is 3.71. The Hall–Kier alpha value is -2.18. The molecule has 0 radical (unpaired) electrons. The topological polar surface area (TPSA) is 0 Å². The Morgan fingerprint density at radius 1 is 0.750 bits per heavy atom. The summed E-state index contributed by atoms with van der Waals surface area (Å²) in [5, 5.41) is 2.36. The first-order chi connectivity index (χ1) is 7.86. The van der Waals surface area contributed by atoms with E-state index in [1.807, 2.05) is 38.1 Å². The SMILES string of the molecule is CC#Cc1cccc2cccc(C#CC)c12. The Morgan fingerprint density at radius 2 is 1.25 bits per heavy atom. The molecule has 16 heavy (non-hydrogen) atoms. The van der Waals surface area contributed by atoms with Crippen molar-refractivity contribution in [2.45, 2.75) is 13.8 Å². The van der Waals surface area contributed by atoms with E-state index in [-0.39, 0.29) is 0 Å². The standard InChI is InChI=1S/C16H12/c1-3-7-13-9-5-11-15-12-6-10-14(8-4-2)16(13)15/h5-6,9-12H,1-2H3. The van der Waals surface area contributed by atoms with E-state index in [1.54, 1.807) is 0 Å². The molecule has 0 bridgehead atoms. The molecule has 0 saturated carbocycles. The fourth-order valence-corrected chi connectivity index (χ4v) is 1.82. The van der Waals surface area contributed by atoms with Gasteiger partial charge in [0.1, 0.15) is 0 Å². The van der Waals surface area contributed by atoms with E-state index in [0.717, 1.165) is 16.5 Å². The number of hydrogen-bond donors (Lipinski definition) is 0. The summed E-state index contributed by atoms with van der Waals surface area (Å²) in [5.41, 5.74) is 2.11. The third kappa shape index (κ3) is 1.79. The molecule has 0 spiro atoms. The molecule has 0 amide bonds. The quantitative estimate of drug-likeness (QED) is 0.575. The minimum Gasteiger partial charge on any atom is -0.101 e. The number of fused-ring (bicyclic) bond motifs is 1. The molecule has 0 unspecified atom stereocenters. The molecule has 0 aliphatic rings. The van der Waals surface area contributed by atoms with Crippen LogP contribution in [0.1, 0.15) is 25.0 Å². The number of rotatable bonds is 0. The zero-order valence-electron chi connectivity index (χ0n) is 9.46. The highest BCUT2D eigenvalue weighted by Crippen LogP contribution is 2.21. The van der Waals surface area contributed by atoms with Gasteiger partial charge in [0.15, 0.2) is 0 Å². The van der Waals surface area contributed by atoms with Crippen molar-refractivity contribution in [3.05, 3.63) is 47.5 Å². The van der Waals surface area contributed by atoms with Gasteiger partial charge in [0, 0.05) is 16.5 Å². The highest BCUT2D eigenvalue weighted by Gasteiger charge is 2.02. The van der Waals surface area contributed by atoms with Crippen molar-refractivity contribution in [1.82, 2.24) is 0 Å². The first-order valence-corrected chi connectivity index (χ1v) is 5.24. The summed E-state index contributed by atoms with van der Waals surface area (Å²) in [6.07, 6.45) is 0. The van der Waals surface area contributed by atoms with Crippen LogP contribution in [0.25, 0.3) is 10.8 Å². The van der Waals surface area contributed by atoms with Gasteiger partial charge >= 0.3 is 0 Å². The molecule has 2 aromatic rings. The van der Waals surface area contributed by atoms with Crippen molar-refractivity contribution in [2.24, 2.45) is 0 Å². The fourth-order valence-electron chi connectivity index (χ4n) is 1.82. The largest absolute Gasteiger partial charge is 0.101 e. The molecule has 0 heteroatoms. The average Bonchev–Trinajstić information content (AvgIpc) is 2.30. The van der Waals surface area contributed by atoms with Crippen LogP contribution in [-0.2, 0) is 0 Å². The van der Waals surface area contributed by atoms with Gasteiger partial charge in [-0.25, -0.2) is 0 Å². The second-order valence-corrected chi connectivity index (χ2v) is 3.46. The van der Waals surface area contributed by atoms with Crippen molar-refractivity contribution in [3.8, 4) is 23.7 Å². The van der Waals surface area contributed by atoms with Crippen LogP contribution >= 0.6 is 0 Å². The Balaban J connectivity index is 2.88. The van der Waals surface area contributed by atoms with Crippen molar-refractivity contribution in [2.75, 3.05) is 0 Å². The lowest BCUT2D eigenvalue weighted by Gasteiger charge is -2.03. The van der Waals surface area contributed by atoms with Gasteiger partial charge in [-0.2, -0.15) is 0 Å². The van der Waals surface area contributed by atoms with Crippen molar-refractivity contribution in [1.29, 1.82) is 0 Å². The van der Waals surface area contributed by atoms with Crippen LogP contribution in [0.15, 0.2) is 36.4 Å². The second-order valence-electron chi connectivity index (χ2n) is 3.46. The molecule has 0 aliphatic carbocycles. The Kier molecular flexibility index (Phi) is 2.95. The molecule has 0 heterocycles. The van der Waals surface area contributed by atoms with E-state index >= 15 is 0 Å². The molecule has 0 atom stereocenters. The summed E-state index contributed by atoms with van der Waals surface area (Å²) in [4.78, 5) is 0. The van der Waals surface area contributed by atoms with Crippen LogP contribution in [-0.4, -0.2) is 0 Å². The van der Waals surface area contributed by atoms with Crippen molar-refractivity contribution >= 4 is 10.8 Å². The summed E-state index contributed by atoms with van der Waals surface area (Å²) in [5.74, 6) is 12.2. The molecule has 0 aromatic heterocycles. The van der Waals surface area contributed by atoms with E-state index in [4.69, 9.17) is 0 Å². The van der Waals surface area contributed by atoms with Crippen LogP contribution in [0, 0.1) is 23.7 Å². The molecule has 0 aliphatic heterocycles. The monoisotopic (exact) mass is 204 g/mol. The lowest BCUT2D eigenvalue weighted by atomic mass is 9.99. The summed E-state index contributed by atoms with van der Waals surface area (Å²) < 4.78 is 0. The normalized spacial score (nSPS) is 8.88. The molecule has 0 nitrogen and oxygen atoms in total. The molecule has 2 rings (SSSR count). The Labute approximate surface area is 96.3 Å². The highest BCUT2D eigenvalue weighted by molar-refractivity contribution is 5.93. The summed E-state index contributed by atoms with van der Waals surface area (Å²) in [6, 6.07) is 12.3. The maximum absolute atomic E-state index is 3.13. The third-order valence-electron chi connectivity index (χ3n) is 2.42. The van der Waals surface area contributed by atoms with Gasteiger partial charge in [-0.3, -0.25) is 0 Å². The second kappa shape index (κ2) is 4.56. The number of benzene rings is 2. The Bertz CT molecular complexity index is 586. The molecule has 0 saturated heterocycles. The van der Waals surface area contributed by atoms with Crippen LogP contribution in [0.5, 0.6) is 0 Å². The van der Waals surface area contributed by atoms with Gasteiger partial charge in [-0.05, 0) is 31.4 Å². The van der Waals surface area contributed by atoms with E-state index in [9.17, 15) is 0 Å².